The summed E-state index contributed by atoms with van der Waals surface area (Å²) in [5.41, 5.74) is 1.34. The summed E-state index contributed by atoms with van der Waals surface area (Å²) >= 11 is 3.61. The Bertz CT molecular complexity index is 377. The van der Waals surface area contributed by atoms with Gasteiger partial charge < -0.3 is 5.32 Å². The van der Waals surface area contributed by atoms with E-state index in [9.17, 15) is 0 Å². The monoisotopic (exact) mass is 310 g/mol. The predicted molar refractivity (Wildman–Crippen MR) is 80.8 cm³/mol. The van der Waals surface area contributed by atoms with Crippen LogP contribution in [-0.2, 0) is 0 Å². The van der Waals surface area contributed by atoms with Crippen LogP contribution in [-0.4, -0.2) is 30.6 Å². The topological polar surface area (TPSA) is 15.3 Å². The molecule has 0 spiro atoms. The average Bonchev–Trinajstić information content (AvgIpc) is 3.19. The lowest BCUT2D eigenvalue weighted by Crippen LogP contribution is -2.34. The van der Waals surface area contributed by atoms with Crippen molar-refractivity contribution < 1.29 is 0 Å². The SMILES string of the molecule is CCN(CCNC(C)c1ccccc1Br)C1CC1. The summed E-state index contributed by atoms with van der Waals surface area (Å²) in [6.45, 7) is 7.89. The number of rotatable bonds is 7. The lowest BCUT2D eigenvalue weighted by atomic mass is 10.1. The van der Waals surface area contributed by atoms with Gasteiger partial charge in [0.05, 0.1) is 0 Å². The molecule has 3 heteroatoms. The van der Waals surface area contributed by atoms with Gasteiger partial charge in [-0.05, 0) is 37.9 Å². The third-order valence-corrected chi connectivity index (χ3v) is 4.41. The Kier molecular flexibility index (Phi) is 5.22. The van der Waals surface area contributed by atoms with Gasteiger partial charge >= 0.3 is 0 Å². The number of nitrogens with one attached hydrogen (secondary N) is 1. The molecule has 0 aliphatic heterocycles. The molecule has 1 unspecified atom stereocenters. The third kappa shape index (κ3) is 3.81. The highest BCUT2D eigenvalue weighted by Gasteiger charge is 2.27. The Morgan fingerprint density at radius 3 is 2.72 bits per heavy atom. The van der Waals surface area contributed by atoms with E-state index in [1.54, 1.807) is 0 Å². The first-order chi connectivity index (χ1) is 8.72. The van der Waals surface area contributed by atoms with Crippen LogP contribution in [0.2, 0.25) is 0 Å². The molecule has 0 heterocycles. The fraction of sp³-hybridized carbons (Fsp3) is 0.600. The van der Waals surface area contributed by atoms with E-state index in [0.29, 0.717) is 6.04 Å². The number of hydrogen-bond donors (Lipinski definition) is 1. The molecule has 0 bridgehead atoms. The van der Waals surface area contributed by atoms with Crippen LogP contribution >= 0.6 is 15.9 Å². The minimum absolute atomic E-state index is 0.401. The molecule has 100 valence electrons. The van der Waals surface area contributed by atoms with E-state index < -0.39 is 0 Å². The van der Waals surface area contributed by atoms with Gasteiger partial charge in [-0.1, -0.05) is 41.1 Å². The zero-order valence-corrected chi connectivity index (χ0v) is 12.9. The maximum absolute atomic E-state index is 3.62. The number of benzene rings is 1. The van der Waals surface area contributed by atoms with Crippen LogP contribution in [0.25, 0.3) is 0 Å². The first-order valence-electron chi connectivity index (χ1n) is 6.94. The normalized spacial score (nSPS) is 17.1. The van der Waals surface area contributed by atoms with Gasteiger partial charge in [-0.25, -0.2) is 0 Å². The highest BCUT2D eigenvalue weighted by molar-refractivity contribution is 9.10. The lowest BCUT2D eigenvalue weighted by molar-refractivity contribution is 0.273. The van der Waals surface area contributed by atoms with Crippen LogP contribution in [0.3, 0.4) is 0 Å². The molecule has 1 N–H and O–H groups in total. The van der Waals surface area contributed by atoms with Crippen LogP contribution < -0.4 is 5.32 Å². The molecule has 18 heavy (non-hydrogen) atoms. The summed E-state index contributed by atoms with van der Waals surface area (Å²) < 4.78 is 1.19. The molecule has 0 saturated heterocycles. The maximum atomic E-state index is 3.62. The van der Waals surface area contributed by atoms with Gasteiger partial charge in [0, 0.05) is 29.6 Å². The van der Waals surface area contributed by atoms with Gasteiger partial charge in [-0.3, -0.25) is 4.90 Å². The summed E-state index contributed by atoms with van der Waals surface area (Å²) in [6.07, 6.45) is 2.79. The van der Waals surface area contributed by atoms with Crippen molar-refractivity contribution in [3.05, 3.63) is 34.3 Å². The van der Waals surface area contributed by atoms with Gasteiger partial charge in [0.1, 0.15) is 0 Å². The predicted octanol–water partition coefficient (Wildman–Crippen LogP) is 3.58. The van der Waals surface area contributed by atoms with Crippen molar-refractivity contribution in [2.45, 2.75) is 38.8 Å². The van der Waals surface area contributed by atoms with Crippen molar-refractivity contribution in [3.63, 3.8) is 0 Å². The van der Waals surface area contributed by atoms with Crippen LogP contribution in [0.5, 0.6) is 0 Å². The Hall–Kier alpha value is -0.380. The highest BCUT2D eigenvalue weighted by Crippen LogP contribution is 2.26. The standard InChI is InChI=1S/C15H23BrN2/c1-3-18(13-8-9-13)11-10-17-12(2)14-6-4-5-7-15(14)16/h4-7,12-13,17H,3,8-11H2,1-2H3. The molecule has 1 atom stereocenters. The van der Waals surface area contributed by atoms with Gasteiger partial charge in [-0.2, -0.15) is 0 Å². The van der Waals surface area contributed by atoms with Crippen molar-refractivity contribution in [1.29, 1.82) is 0 Å². The molecule has 2 nitrogen and oxygen atoms in total. The van der Waals surface area contributed by atoms with E-state index in [-0.39, 0.29) is 0 Å². The molecule has 1 aromatic carbocycles. The van der Waals surface area contributed by atoms with Crippen LogP contribution in [0.15, 0.2) is 28.7 Å². The molecule has 0 radical (unpaired) electrons. The molecule has 0 aromatic heterocycles. The second-order valence-corrected chi connectivity index (χ2v) is 5.91. The van der Waals surface area contributed by atoms with Gasteiger partial charge in [0.15, 0.2) is 0 Å². The summed E-state index contributed by atoms with van der Waals surface area (Å²) in [5, 5.41) is 3.62. The van der Waals surface area contributed by atoms with E-state index in [4.69, 9.17) is 0 Å². The summed E-state index contributed by atoms with van der Waals surface area (Å²) in [5.74, 6) is 0. The molecular weight excluding hydrogens is 288 g/mol. The fourth-order valence-corrected chi connectivity index (χ4v) is 3.03. The molecule has 1 aliphatic carbocycles. The van der Waals surface area contributed by atoms with Crippen LogP contribution in [0, 0.1) is 0 Å². The fourth-order valence-electron chi connectivity index (χ4n) is 2.40. The number of nitrogens with zero attached hydrogens (tertiary/aromatic N) is 1. The molecule has 1 aliphatic rings. The van der Waals surface area contributed by atoms with Crippen molar-refractivity contribution in [3.8, 4) is 0 Å². The Morgan fingerprint density at radius 1 is 1.39 bits per heavy atom. The molecular formula is C15H23BrN2. The number of likely N-dealkylation sites (N-methyl/N-ethyl adjacent to an activating group) is 1. The summed E-state index contributed by atoms with van der Waals surface area (Å²) in [6, 6.07) is 9.72. The maximum Gasteiger partial charge on any atom is 0.0303 e. The summed E-state index contributed by atoms with van der Waals surface area (Å²) in [7, 11) is 0. The van der Waals surface area contributed by atoms with E-state index in [1.165, 1.54) is 29.4 Å². The highest BCUT2D eigenvalue weighted by atomic mass is 79.9. The lowest BCUT2D eigenvalue weighted by Gasteiger charge is -2.22. The van der Waals surface area contributed by atoms with Gasteiger partial charge in [0.25, 0.3) is 0 Å². The van der Waals surface area contributed by atoms with Crippen LogP contribution in [0.4, 0.5) is 0 Å². The molecule has 1 saturated carbocycles. The third-order valence-electron chi connectivity index (χ3n) is 3.69. The smallest absolute Gasteiger partial charge is 0.0303 e. The van der Waals surface area contributed by atoms with Crippen molar-refractivity contribution >= 4 is 15.9 Å². The molecule has 1 fully saturated rings. The molecule has 0 amide bonds. The van der Waals surface area contributed by atoms with E-state index >= 15 is 0 Å². The molecule has 2 rings (SSSR count). The second-order valence-electron chi connectivity index (χ2n) is 5.06. The first-order valence-corrected chi connectivity index (χ1v) is 7.73. The Balaban J connectivity index is 1.77. The zero-order chi connectivity index (χ0) is 13.0. The average molecular weight is 311 g/mol. The number of hydrogen-bond acceptors (Lipinski definition) is 2. The van der Waals surface area contributed by atoms with Crippen molar-refractivity contribution in [2.24, 2.45) is 0 Å². The van der Waals surface area contributed by atoms with Crippen LogP contribution in [0.1, 0.15) is 38.3 Å². The quantitative estimate of drug-likeness (QED) is 0.828. The zero-order valence-electron chi connectivity index (χ0n) is 11.3. The van der Waals surface area contributed by atoms with E-state index in [0.717, 1.165) is 19.1 Å². The first kappa shape index (κ1) is 14.0. The minimum Gasteiger partial charge on any atom is -0.309 e. The largest absolute Gasteiger partial charge is 0.309 e. The Labute approximate surface area is 119 Å². The van der Waals surface area contributed by atoms with E-state index in [1.807, 2.05) is 0 Å². The second kappa shape index (κ2) is 6.69. The van der Waals surface area contributed by atoms with E-state index in [2.05, 4.69) is 64.3 Å². The Morgan fingerprint density at radius 2 is 2.11 bits per heavy atom. The molecule has 1 aromatic rings. The summed E-state index contributed by atoms with van der Waals surface area (Å²) in [4.78, 5) is 2.58. The van der Waals surface area contributed by atoms with Gasteiger partial charge in [-0.15, -0.1) is 0 Å². The number of halogens is 1. The minimum atomic E-state index is 0.401. The van der Waals surface area contributed by atoms with Crippen molar-refractivity contribution in [2.75, 3.05) is 19.6 Å². The van der Waals surface area contributed by atoms with Crippen molar-refractivity contribution in [1.82, 2.24) is 10.2 Å². The van der Waals surface area contributed by atoms with Gasteiger partial charge in [0.2, 0.25) is 0 Å².